The topological polar surface area (TPSA) is 68.2 Å². The Morgan fingerprint density at radius 1 is 1.45 bits per heavy atom. The van der Waals surface area contributed by atoms with Gasteiger partial charge in [-0.1, -0.05) is 0 Å². The lowest BCUT2D eigenvalue weighted by molar-refractivity contribution is 0.249. The first-order valence-electron chi connectivity index (χ1n) is 6.28. The second-order valence-corrected chi connectivity index (χ2v) is 4.49. The third kappa shape index (κ3) is 3.28. The van der Waals surface area contributed by atoms with E-state index in [4.69, 9.17) is 4.74 Å². The van der Waals surface area contributed by atoms with E-state index in [9.17, 15) is 4.79 Å². The molecule has 1 atom stereocenters. The number of pyridine rings is 1. The van der Waals surface area contributed by atoms with E-state index in [2.05, 4.69) is 15.6 Å². The highest BCUT2D eigenvalue weighted by Crippen LogP contribution is 2.20. The van der Waals surface area contributed by atoms with Crippen LogP contribution >= 0.6 is 0 Å². The number of ether oxygens (including phenoxy) is 1. The molecule has 20 heavy (non-hydrogen) atoms. The highest BCUT2D eigenvalue weighted by molar-refractivity contribution is 5.90. The molecule has 2 aromatic heterocycles. The number of methoxy groups -OCH3 is 1. The van der Waals surface area contributed by atoms with Crippen LogP contribution in [0.15, 0.2) is 36.8 Å². The van der Waals surface area contributed by atoms with Crippen molar-refractivity contribution in [3.8, 4) is 5.88 Å². The van der Waals surface area contributed by atoms with E-state index in [0.29, 0.717) is 11.6 Å². The lowest BCUT2D eigenvalue weighted by Crippen LogP contribution is -2.31. The van der Waals surface area contributed by atoms with Gasteiger partial charge in [0.05, 0.1) is 13.2 Å². The molecular weight excluding hydrogens is 256 g/mol. The number of carbonyl (C=O) groups excluding carboxylic acids is 1. The van der Waals surface area contributed by atoms with E-state index in [1.54, 1.807) is 18.3 Å². The molecule has 0 radical (unpaired) electrons. The second kappa shape index (κ2) is 6.10. The van der Waals surface area contributed by atoms with Crippen LogP contribution in [0.1, 0.15) is 18.5 Å². The summed E-state index contributed by atoms with van der Waals surface area (Å²) in [6, 6.07) is 5.05. The van der Waals surface area contributed by atoms with Crippen molar-refractivity contribution in [2.24, 2.45) is 7.05 Å². The van der Waals surface area contributed by atoms with E-state index >= 15 is 0 Å². The fourth-order valence-electron chi connectivity index (χ4n) is 1.87. The average Bonchev–Trinajstić information content (AvgIpc) is 2.86. The first kappa shape index (κ1) is 13.9. The van der Waals surface area contributed by atoms with Crippen LogP contribution in [0.4, 0.5) is 10.5 Å². The molecule has 0 bridgehead atoms. The molecule has 0 spiro atoms. The zero-order valence-corrected chi connectivity index (χ0v) is 11.8. The van der Waals surface area contributed by atoms with Gasteiger partial charge in [-0.2, -0.15) is 0 Å². The van der Waals surface area contributed by atoms with Crippen molar-refractivity contribution in [1.29, 1.82) is 0 Å². The number of amides is 2. The van der Waals surface area contributed by atoms with Crippen LogP contribution in [0.25, 0.3) is 0 Å². The number of anilines is 1. The highest BCUT2D eigenvalue weighted by Gasteiger charge is 2.12. The van der Waals surface area contributed by atoms with Gasteiger partial charge in [0.1, 0.15) is 5.69 Å². The minimum absolute atomic E-state index is 0.0844. The number of rotatable bonds is 4. The first-order chi connectivity index (χ1) is 9.60. The number of nitrogens with one attached hydrogen (secondary N) is 2. The number of hydrogen-bond donors (Lipinski definition) is 2. The van der Waals surface area contributed by atoms with Crippen molar-refractivity contribution >= 4 is 11.7 Å². The molecule has 106 valence electrons. The van der Waals surface area contributed by atoms with Crippen molar-refractivity contribution in [1.82, 2.24) is 14.9 Å². The Kier molecular flexibility index (Phi) is 4.24. The molecule has 0 aromatic carbocycles. The smallest absolute Gasteiger partial charge is 0.319 e. The summed E-state index contributed by atoms with van der Waals surface area (Å²) in [5.41, 5.74) is 1.58. The summed E-state index contributed by atoms with van der Waals surface area (Å²) in [5, 5.41) is 5.59. The molecule has 6 heteroatoms. The number of nitrogens with zero attached hydrogens (tertiary/aromatic N) is 2. The fourth-order valence-corrected chi connectivity index (χ4v) is 1.87. The van der Waals surface area contributed by atoms with Gasteiger partial charge in [0.25, 0.3) is 0 Å². The number of carbonyl (C=O) groups is 1. The van der Waals surface area contributed by atoms with Crippen LogP contribution in [0.3, 0.4) is 0 Å². The Labute approximate surface area is 117 Å². The zero-order valence-electron chi connectivity index (χ0n) is 11.8. The Bertz CT molecular complexity index is 594. The maximum Gasteiger partial charge on any atom is 0.319 e. The molecule has 0 fully saturated rings. The molecule has 0 saturated heterocycles. The van der Waals surface area contributed by atoms with Gasteiger partial charge in [0, 0.05) is 25.6 Å². The van der Waals surface area contributed by atoms with E-state index in [0.717, 1.165) is 5.56 Å². The van der Waals surface area contributed by atoms with Gasteiger partial charge < -0.3 is 19.9 Å². The average molecular weight is 274 g/mol. The number of urea groups is 1. The highest BCUT2D eigenvalue weighted by atomic mass is 16.5. The minimum Gasteiger partial charge on any atom is -0.480 e. The lowest BCUT2D eigenvalue weighted by atomic mass is 10.2. The normalized spacial score (nSPS) is 11.8. The quantitative estimate of drug-likeness (QED) is 0.899. The molecular formula is C14H18N4O2. The summed E-state index contributed by atoms with van der Waals surface area (Å²) in [4.78, 5) is 16.0. The Morgan fingerprint density at radius 2 is 2.25 bits per heavy atom. The summed E-state index contributed by atoms with van der Waals surface area (Å²) in [6.07, 6.45) is 5.51. The van der Waals surface area contributed by atoms with Crippen molar-refractivity contribution in [2.45, 2.75) is 13.0 Å². The predicted molar refractivity (Wildman–Crippen MR) is 76.8 cm³/mol. The number of aryl methyl sites for hydroxylation is 1. The molecule has 2 amide bonds. The maximum absolute atomic E-state index is 12.0. The SMILES string of the molecule is COc1ncccc1NC(=O)N[C@H](C)c1ccn(C)c1. The molecule has 2 heterocycles. The van der Waals surface area contributed by atoms with Gasteiger partial charge in [-0.05, 0) is 30.7 Å². The Morgan fingerprint density at radius 3 is 2.90 bits per heavy atom. The maximum atomic E-state index is 12.0. The van der Waals surface area contributed by atoms with Gasteiger partial charge in [-0.15, -0.1) is 0 Å². The monoisotopic (exact) mass is 274 g/mol. The molecule has 2 N–H and O–H groups in total. The molecule has 0 saturated carbocycles. The zero-order chi connectivity index (χ0) is 14.5. The number of aromatic nitrogens is 2. The van der Waals surface area contributed by atoms with Crippen LogP contribution in [0, 0.1) is 0 Å². The van der Waals surface area contributed by atoms with Crippen LogP contribution in [0.5, 0.6) is 5.88 Å². The standard InChI is InChI=1S/C14H18N4O2/c1-10(11-6-8-18(2)9-11)16-14(19)17-12-5-4-7-15-13(12)20-3/h4-10H,1-3H3,(H2,16,17,19)/t10-/m1/s1. The van der Waals surface area contributed by atoms with Crippen molar-refractivity contribution in [3.05, 3.63) is 42.4 Å². The Hall–Kier alpha value is -2.50. The summed E-state index contributed by atoms with van der Waals surface area (Å²) in [6.45, 7) is 1.93. The van der Waals surface area contributed by atoms with E-state index in [-0.39, 0.29) is 12.1 Å². The molecule has 6 nitrogen and oxygen atoms in total. The summed E-state index contributed by atoms with van der Waals surface area (Å²) in [7, 11) is 3.45. The van der Waals surface area contributed by atoms with E-state index in [1.807, 2.05) is 37.0 Å². The van der Waals surface area contributed by atoms with Gasteiger partial charge in [0.15, 0.2) is 0 Å². The van der Waals surface area contributed by atoms with Gasteiger partial charge in [-0.3, -0.25) is 0 Å². The van der Waals surface area contributed by atoms with Gasteiger partial charge in [0.2, 0.25) is 5.88 Å². The van der Waals surface area contributed by atoms with Crippen molar-refractivity contribution < 1.29 is 9.53 Å². The van der Waals surface area contributed by atoms with Crippen LogP contribution in [-0.2, 0) is 7.05 Å². The summed E-state index contributed by atoms with van der Waals surface area (Å²) in [5.74, 6) is 0.384. The minimum atomic E-state index is -0.298. The predicted octanol–water partition coefficient (Wildman–Crippen LogP) is 2.31. The van der Waals surface area contributed by atoms with E-state index in [1.165, 1.54) is 7.11 Å². The van der Waals surface area contributed by atoms with Gasteiger partial charge in [-0.25, -0.2) is 9.78 Å². The molecule has 0 unspecified atom stereocenters. The van der Waals surface area contributed by atoms with Gasteiger partial charge >= 0.3 is 6.03 Å². The van der Waals surface area contributed by atoms with Crippen LogP contribution in [0.2, 0.25) is 0 Å². The summed E-state index contributed by atoms with van der Waals surface area (Å²) < 4.78 is 7.02. The molecule has 2 rings (SSSR count). The molecule has 0 aliphatic rings. The lowest BCUT2D eigenvalue weighted by Gasteiger charge is -2.14. The summed E-state index contributed by atoms with van der Waals surface area (Å²) >= 11 is 0. The largest absolute Gasteiger partial charge is 0.480 e. The first-order valence-corrected chi connectivity index (χ1v) is 6.28. The Balaban J connectivity index is 1.98. The van der Waals surface area contributed by atoms with Crippen molar-refractivity contribution in [2.75, 3.05) is 12.4 Å². The van der Waals surface area contributed by atoms with Crippen molar-refractivity contribution in [3.63, 3.8) is 0 Å². The molecule has 0 aliphatic heterocycles. The molecule has 2 aromatic rings. The van der Waals surface area contributed by atoms with Crippen LogP contribution in [-0.4, -0.2) is 22.7 Å². The van der Waals surface area contributed by atoms with Crippen LogP contribution < -0.4 is 15.4 Å². The third-order valence-corrected chi connectivity index (χ3v) is 2.92. The second-order valence-electron chi connectivity index (χ2n) is 4.49. The third-order valence-electron chi connectivity index (χ3n) is 2.92. The number of hydrogen-bond acceptors (Lipinski definition) is 3. The molecule has 0 aliphatic carbocycles. The fraction of sp³-hybridized carbons (Fsp3) is 0.286. The van der Waals surface area contributed by atoms with E-state index < -0.39 is 0 Å².